The molecule has 0 aromatic heterocycles. The van der Waals surface area contributed by atoms with E-state index in [9.17, 15) is 4.79 Å². The molecular weight excluding hydrogens is 254 g/mol. The van der Waals surface area contributed by atoms with Gasteiger partial charge in [0.25, 0.3) is 0 Å². The molecular formula is C16H15NO3. The van der Waals surface area contributed by atoms with E-state index in [-0.39, 0.29) is 12.1 Å². The van der Waals surface area contributed by atoms with E-state index in [4.69, 9.17) is 9.47 Å². The lowest BCUT2D eigenvalue weighted by Gasteiger charge is -2.28. The van der Waals surface area contributed by atoms with Crippen LogP contribution >= 0.6 is 0 Å². The summed E-state index contributed by atoms with van der Waals surface area (Å²) in [6, 6.07) is 17.4. The van der Waals surface area contributed by atoms with Crippen LogP contribution in [-0.4, -0.2) is 12.1 Å². The molecule has 1 atom stereocenters. The first-order valence-electron chi connectivity index (χ1n) is 6.53. The third kappa shape index (κ3) is 2.91. The Morgan fingerprint density at radius 1 is 1.00 bits per heavy atom. The van der Waals surface area contributed by atoms with Crippen LogP contribution < -0.4 is 14.8 Å². The molecule has 1 aliphatic rings. The van der Waals surface area contributed by atoms with Crippen LogP contribution in [0.2, 0.25) is 0 Å². The maximum Gasteiger partial charge on any atom is 0.228 e. The molecule has 1 fully saturated rings. The van der Waals surface area contributed by atoms with Crippen LogP contribution in [0.15, 0.2) is 54.6 Å². The lowest BCUT2D eigenvalue weighted by molar-refractivity contribution is -0.134. The van der Waals surface area contributed by atoms with Crippen molar-refractivity contribution in [1.82, 2.24) is 5.32 Å². The number of amides is 1. The number of benzene rings is 2. The van der Waals surface area contributed by atoms with Crippen molar-refractivity contribution >= 4 is 5.91 Å². The van der Waals surface area contributed by atoms with Crippen LogP contribution in [0.5, 0.6) is 11.5 Å². The molecule has 1 heterocycles. The summed E-state index contributed by atoms with van der Waals surface area (Å²) in [5, 5.41) is 2.68. The topological polar surface area (TPSA) is 47.6 Å². The van der Waals surface area contributed by atoms with E-state index in [1.165, 1.54) is 0 Å². The van der Waals surface area contributed by atoms with E-state index in [1.54, 1.807) is 0 Å². The first kappa shape index (κ1) is 12.5. The molecule has 1 N–H and O–H groups in total. The standard InChI is InChI=1S/C16H15NO3/c18-15-10-16(17-15)20-14-9-5-4-8-13(14)19-11-12-6-2-1-3-7-12/h1-9,16H,10-11H2,(H,17,18). The molecule has 1 aliphatic heterocycles. The number of β-lactam (4-membered cyclic amide) rings is 1. The average Bonchev–Trinajstić information content (AvgIpc) is 2.46. The van der Waals surface area contributed by atoms with Gasteiger partial charge in [0.05, 0.1) is 6.42 Å². The monoisotopic (exact) mass is 269 g/mol. The van der Waals surface area contributed by atoms with Gasteiger partial charge in [0, 0.05) is 0 Å². The Hall–Kier alpha value is -2.49. The molecule has 0 saturated carbocycles. The fourth-order valence-corrected chi connectivity index (χ4v) is 1.95. The Balaban J connectivity index is 1.65. The number of rotatable bonds is 5. The lowest BCUT2D eigenvalue weighted by Crippen LogP contribution is -2.51. The molecule has 2 aromatic rings. The Morgan fingerprint density at radius 3 is 2.35 bits per heavy atom. The Kier molecular flexibility index (Phi) is 3.54. The summed E-state index contributed by atoms with van der Waals surface area (Å²) >= 11 is 0. The van der Waals surface area contributed by atoms with Gasteiger partial charge in [-0.05, 0) is 17.7 Å². The first-order valence-corrected chi connectivity index (χ1v) is 6.53. The van der Waals surface area contributed by atoms with E-state index in [2.05, 4.69) is 5.32 Å². The van der Waals surface area contributed by atoms with Gasteiger partial charge in [-0.25, -0.2) is 0 Å². The van der Waals surface area contributed by atoms with Gasteiger partial charge in [0.1, 0.15) is 6.61 Å². The molecule has 0 aliphatic carbocycles. The average molecular weight is 269 g/mol. The molecule has 1 unspecified atom stereocenters. The van der Waals surface area contributed by atoms with Gasteiger partial charge in [-0.2, -0.15) is 0 Å². The number of ether oxygens (including phenoxy) is 2. The summed E-state index contributed by atoms with van der Waals surface area (Å²) in [6.07, 6.45) is 0.150. The molecule has 20 heavy (non-hydrogen) atoms. The first-order chi connectivity index (χ1) is 9.81. The van der Waals surface area contributed by atoms with Crippen LogP contribution in [0.25, 0.3) is 0 Å². The molecule has 1 amide bonds. The summed E-state index contributed by atoms with van der Waals surface area (Å²) in [4.78, 5) is 10.9. The van der Waals surface area contributed by atoms with Crippen molar-refractivity contribution in [3.05, 3.63) is 60.2 Å². The second-order valence-corrected chi connectivity index (χ2v) is 4.60. The molecule has 4 nitrogen and oxygen atoms in total. The van der Waals surface area contributed by atoms with Gasteiger partial charge in [-0.15, -0.1) is 0 Å². The maximum absolute atomic E-state index is 10.9. The van der Waals surface area contributed by atoms with Crippen molar-refractivity contribution < 1.29 is 14.3 Å². The highest BCUT2D eigenvalue weighted by Crippen LogP contribution is 2.29. The number of nitrogens with one attached hydrogen (secondary N) is 1. The summed E-state index contributed by atoms with van der Waals surface area (Å²) in [5.41, 5.74) is 1.10. The van der Waals surface area contributed by atoms with E-state index < -0.39 is 0 Å². The van der Waals surface area contributed by atoms with Crippen LogP contribution in [0.4, 0.5) is 0 Å². The summed E-state index contributed by atoms with van der Waals surface area (Å²) < 4.78 is 11.5. The van der Waals surface area contributed by atoms with Crippen molar-refractivity contribution in [2.45, 2.75) is 19.3 Å². The third-order valence-corrected chi connectivity index (χ3v) is 3.05. The summed E-state index contributed by atoms with van der Waals surface area (Å²) in [5.74, 6) is 1.34. The van der Waals surface area contributed by atoms with E-state index >= 15 is 0 Å². The minimum absolute atomic E-state index is 0.0117. The van der Waals surface area contributed by atoms with Gasteiger partial charge < -0.3 is 14.8 Å². The number of carbonyl (C=O) groups excluding carboxylic acids is 1. The minimum atomic E-state index is -0.246. The van der Waals surface area contributed by atoms with Gasteiger partial charge in [-0.3, -0.25) is 4.79 Å². The predicted molar refractivity (Wildman–Crippen MR) is 74.4 cm³/mol. The van der Waals surface area contributed by atoms with Gasteiger partial charge in [-0.1, -0.05) is 42.5 Å². The third-order valence-electron chi connectivity index (χ3n) is 3.05. The number of carbonyl (C=O) groups is 1. The van der Waals surface area contributed by atoms with Crippen molar-refractivity contribution in [2.75, 3.05) is 0 Å². The fourth-order valence-electron chi connectivity index (χ4n) is 1.95. The number of hydrogen-bond acceptors (Lipinski definition) is 3. The fraction of sp³-hybridized carbons (Fsp3) is 0.188. The van der Waals surface area contributed by atoms with Gasteiger partial charge >= 0.3 is 0 Å². The van der Waals surface area contributed by atoms with Crippen LogP contribution in [0.3, 0.4) is 0 Å². The van der Waals surface area contributed by atoms with Crippen molar-refractivity contribution in [1.29, 1.82) is 0 Å². The Bertz CT molecular complexity index is 590. The molecule has 102 valence electrons. The highest BCUT2D eigenvalue weighted by Gasteiger charge is 2.27. The van der Waals surface area contributed by atoms with E-state index in [0.29, 0.717) is 24.5 Å². The van der Waals surface area contributed by atoms with E-state index in [0.717, 1.165) is 5.56 Å². The van der Waals surface area contributed by atoms with Crippen molar-refractivity contribution in [3.63, 3.8) is 0 Å². The second-order valence-electron chi connectivity index (χ2n) is 4.60. The number of para-hydroxylation sites is 2. The summed E-state index contributed by atoms with van der Waals surface area (Å²) in [7, 11) is 0. The van der Waals surface area contributed by atoms with Gasteiger partial charge in [0.15, 0.2) is 17.7 Å². The Morgan fingerprint density at radius 2 is 1.65 bits per heavy atom. The zero-order chi connectivity index (χ0) is 13.8. The van der Waals surface area contributed by atoms with Crippen molar-refractivity contribution in [3.8, 4) is 11.5 Å². The molecule has 2 aromatic carbocycles. The largest absolute Gasteiger partial charge is 0.485 e. The second kappa shape index (κ2) is 5.65. The zero-order valence-electron chi connectivity index (χ0n) is 10.9. The van der Waals surface area contributed by atoms with Gasteiger partial charge in [0.2, 0.25) is 5.91 Å². The Labute approximate surface area is 117 Å². The van der Waals surface area contributed by atoms with Crippen LogP contribution in [0, 0.1) is 0 Å². The minimum Gasteiger partial charge on any atom is -0.485 e. The quantitative estimate of drug-likeness (QED) is 0.848. The molecule has 1 saturated heterocycles. The number of hydrogen-bond donors (Lipinski definition) is 1. The van der Waals surface area contributed by atoms with E-state index in [1.807, 2.05) is 54.6 Å². The predicted octanol–water partition coefficient (Wildman–Crippen LogP) is 2.49. The lowest BCUT2D eigenvalue weighted by atomic mass is 10.2. The van der Waals surface area contributed by atoms with Crippen LogP contribution in [0.1, 0.15) is 12.0 Å². The molecule has 4 heteroatoms. The SMILES string of the molecule is O=C1CC(Oc2ccccc2OCc2ccccc2)N1. The smallest absolute Gasteiger partial charge is 0.228 e. The van der Waals surface area contributed by atoms with Crippen LogP contribution in [-0.2, 0) is 11.4 Å². The molecule has 0 spiro atoms. The molecule has 0 bridgehead atoms. The highest BCUT2D eigenvalue weighted by atomic mass is 16.5. The molecule has 3 rings (SSSR count). The summed E-state index contributed by atoms with van der Waals surface area (Å²) in [6.45, 7) is 0.484. The zero-order valence-corrected chi connectivity index (χ0v) is 10.9. The highest BCUT2D eigenvalue weighted by molar-refractivity contribution is 5.82. The van der Waals surface area contributed by atoms with Crippen molar-refractivity contribution in [2.24, 2.45) is 0 Å². The maximum atomic E-state index is 10.9. The molecule has 0 radical (unpaired) electrons. The normalized spacial score (nSPS) is 17.0.